The topological polar surface area (TPSA) is 52.0 Å². The zero-order valence-electron chi connectivity index (χ0n) is 13.7. The molecule has 4 rings (SSSR count). The fourth-order valence-electron chi connectivity index (χ4n) is 5.05. The van der Waals surface area contributed by atoms with Gasteiger partial charge in [0.15, 0.2) is 5.82 Å². The molecule has 0 bridgehead atoms. The molecule has 5 heteroatoms. The van der Waals surface area contributed by atoms with Gasteiger partial charge < -0.3 is 10.1 Å². The molecule has 122 valence electrons. The van der Waals surface area contributed by atoms with E-state index in [1.54, 1.807) is 7.11 Å². The minimum absolute atomic E-state index is 0.518. The van der Waals surface area contributed by atoms with Crippen LogP contribution in [0.25, 0.3) is 0 Å². The van der Waals surface area contributed by atoms with E-state index in [9.17, 15) is 0 Å². The van der Waals surface area contributed by atoms with Gasteiger partial charge in [-0.05, 0) is 37.5 Å². The lowest BCUT2D eigenvalue weighted by Crippen LogP contribution is -2.48. The van der Waals surface area contributed by atoms with Crippen molar-refractivity contribution in [1.29, 1.82) is 0 Å². The zero-order chi connectivity index (χ0) is 15.0. The average Bonchev–Trinajstić information content (AvgIpc) is 3.22. The van der Waals surface area contributed by atoms with E-state index in [0.717, 1.165) is 30.7 Å². The number of nitrogens with zero attached hydrogens (tertiary/aromatic N) is 3. The van der Waals surface area contributed by atoms with Crippen molar-refractivity contribution in [3.8, 4) is 0 Å². The Kier molecular flexibility index (Phi) is 3.95. The van der Waals surface area contributed by atoms with Gasteiger partial charge in [0.25, 0.3) is 0 Å². The Morgan fingerprint density at radius 2 is 2.05 bits per heavy atom. The summed E-state index contributed by atoms with van der Waals surface area (Å²) in [4.78, 5) is 4.58. The minimum atomic E-state index is 0.518. The van der Waals surface area contributed by atoms with Crippen LogP contribution in [0.15, 0.2) is 0 Å². The van der Waals surface area contributed by atoms with Gasteiger partial charge in [0.2, 0.25) is 0 Å². The van der Waals surface area contributed by atoms with Crippen molar-refractivity contribution >= 4 is 0 Å². The molecular weight excluding hydrogens is 276 g/mol. The fraction of sp³-hybridized carbons (Fsp3) is 0.882. The van der Waals surface area contributed by atoms with Crippen molar-refractivity contribution in [2.45, 2.75) is 83.0 Å². The highest BCUT2D eigenvalue weighted by molar-refractivity contribution is 5.02. The average molecular weight is 304 g/mol. The molecule has 1 aromatic rings. The summed E-state index contributed by atoms with van der Waals surface area (Å²) >= 11 is 0. The summed E-state index contributed by atoms with van der Waals surface area (Å²) in [7, 11) is 1.70. The molecule has 0 unspecified atom stereocenters. The molecule has 1 N–H and O–H groups in total. The highest BCUT2D eigenvalue weighted by Gasteiger charge is 2.45. The van der Waals surface area contributed by atoms with Crippen LogP contribution in [0.1, 0.15) is 63.0 Å². The molecule has 1 spiro atoms. The number of hydrogen-bond acceptors (Lipinski definition) is 4. The first-order valence-corrected chi connectivity index (χ1v) is 8.97. The maximum atomic E-state index is 5.15. The van der Waals surface area contributed by atoms with Crippen LogP contribution in [-0.4, -0.2) is 34.0 Å². The summed E-state index contributed by atoms with van der Waals surface area (Å²) < 4.78 is 7.25. The molecule has 0 saturated heterocycles. The zero-order valence-corrected chi connectivity index (χ0v) is 13.7. The van der Waals surface area contributed by atoms with E-state index >= 15 is 0 Å². The normalized spacial score (nSPS) is 30.0. The second-order valence-electron chi connectivity index (χ2n) is 7.48. The SMILES string of the molecule is COCc1nc2n(n1)C[C@@H](N[C@H]1CCCC13CCCC3)CC2. The maximum Gasteiger partial charge on any atom is 0.176 e. The molecule has 1 aliphatic heterocycles. The van der Waals surface area contributed by atoms with Crippen LogP contribution in [0.4, 0.5) is 0 Å². The van der Waals surface area contributed by atoms with Gasteiger partial charge in [0.1, 0.15) is 12.4 Å². The molecule has 2 saturated carbocycles. The van der Waals surface area contributed by atoms with Crippen LogP contribution in [0.5, 0.6) is 0 Å². The number of fused-ring (bicyclic) bond motifs is 1. The monoisotopic (exact) mass is 304 g/mol. The quantitative estimate of drug-likeness (QED) is 0.928. The Labute approximate surface area is 132 Å². The van der Waals surface area contributed by atoms with Crippen LogP contribution in [0.3, 0.4) is 0 Å². The van der Waals surface area contributed by atoms with E-state index < -0.39 is 0 Å². The van der Waals surface area contributed by atoms with E-state index in [1.807, 2.05) is 0 Å². The first kappa shape index (κ1) is 14.6. The van der Waals surface area contributed by atoms with Gasteiger partial charge >= 0.3 is 0 Å². The number of hydrogen-bond donors (Lipinski definition) is 1. The predicted octanol–water partition coefficient (Wildman–Crippen LogP) is 2.44. The number of ether oxygens (including phenoxy) is 1. The van der Waals surface area contributed by atoms with E-state index in [0.29, 0.717) is 18.1 Å². The molecule has 0 radical (unpaired) electrons. The van der Waals surface area contributed by atoms with E-state index in [2.05, 4.69) is 20.1 Å². The third kappa shape index (κ3) is 2.58. The molecule has 0 amide bonds. The fourth-order valence-corrected chi connectivity index (χ4v) is 5.05. The Hall–Kier alpha value is -0.940. The Balaban J connectivity index is 1.42. The lowest BCUT2D eigenvalue weighted by molar-refractivity contribution is 0.177. The van der Waals surface area contributed by atoms with Gasteiger partial charge in [-0.2, -0.15) is 5.10 Å². The lowest BCUT2D eigenvalue weighted by atomic mass is 9.80. The molecule has 2 aliphatic carbocycles. The summed E-state index contributed by atoms with van der Waals surface area (Å²) in [6, 6.07) is 1.30. The van der Waals surface area contributed by atoms with Crippen molar-refractivity contribution in [3.63, 3.8) is 0 Å². The summed E-state index contributed by atoms with van der Waals surface area (Å²) in [6.45, 7) is 1.49. The van der Waals surface area contributed by atoms with Crippen molar-refractivity contribution in [2.75, 3.05) is 7.11 Å². The lowest BCUT2D eigenvalue weighted by Gasteiger charge is -2.36. The number of nitrogens with one attached hydrogen (secondary N) is 1. The van der Waals surface area contributed by atoms with Crippen molar-refractivity contribution < 1.29 is 4.74 Å². The molecule has 0 aromatic carbocycles. The smallest absolute Gasteiger partial charge is 0.176 e. The highest BCUT2D eigenvalue weighted by Crippen LogP contribution is 2.50. The van der Waals surface area contributed by atoms with Gasteiger partial charge in [-0.25, -0.2) is 9.67 Å². The summed E-state index contributed by atoms with van der Waals surface area (Å²) in [6.07, 6.45) is 12.2. The maximum absolute atomic E-state index is 5.15. The number of aromatic nitrogens is 3. The van der Waals surface area contributed by atoms with Gasteiger partial charge in [0, 0.05) is 25.6 Å². The number of aryl methyl sites for hydroxylation is 1. The number of rotatable bonds is 4. The van der Waals surface area contributed by atoms with Gasteiger partial charge in [-0.15, -0.1) is 0 Å². The molecular formula is C17H28N4O. The third-order valence-electron chi connectivity index (χ3n) is 6.12. The molecule has 2 heterocycles. The summed E-state index contributed by atoms with van der Waals surface area (Å²) in [5, 5.41) is 8.61. The highest BCUT2D eigenvalue weighted by atomic mass is 16.5. The van der Waals surface area contributed by atoms with Gasteiger partial charge in [0.05, 0.1) is 6.54 Å². The Bertz CT molecular complexity index is 515. The van der Waals surface area contributed by atoms with E-state index in [1.165, 1.54) is 51.4 Å². The Morgan fingerprint density at radius 1 is 1.23 bits per heavy atom. The molecule has 5 nitrogen and oxygen atoms in total. The van der Waals surface area contributed by atoms with Crippen LogP contribution in [0, 0.1) is 5.41 Å². The first-order valence-electron chi connectivity index (χ1n) is 8.97. The second-order valence-corrected chi connectivity index (χ2v) is 7.48. The number of methoxy groups -OCH3 is 1. The molecule has 22 heavy (non-hydrogen) atoms. The summed E-state index contributed by atoms with van der Waals surface area (Å²) in [5.74, 6) is 1.96. The van der Waals surface area contributed by atoms with Crippen molar-refractivity contribution in [2.24, 2.45) is 5.41 Å². The van der Waals surface area contributed by atoms with Crippen molar-refractivity contribution in [3.05, 3.63) is 11.6 Å². The largest absolute Gasteiger partial charge is 0.377 e. The van der Waals surface area contributed by atoms with Gasteiger partial charge in [-0.1, -0.05) is 19.3 Å². The minimum Gasteiger partial charge on any atom is -0.377 e. The standard InChI is InChI=1S/C17H28N4O/c1-22-12-15-19-16-7-6-13(11-21(16)20-15)18-14-5-4-10-17(14)8-2-3-9-17/h13-14,18H,2-12H2,1H3/t13-,14-/m0/s1. The Morgan fingerprint density at radius 3 is 2.86 bits per heavy atom. The van der Waals surface area contributed by atoms with Crippen molar-refractivity contribution in [1.82, 2.24) is 20.1 Å². The molecule has 2 atom stereocenters. The molecule has 2 fully saturated rings. The molecule has 1 aromatic heterocycles. The van der Waals surface area contributed by atoms with E-state index in [-0.39, 0.29) is 0 Å². The predicted molar refractivity (Wildman–Crippen MR) is 84.5 cm³/mol. The van der Waals surface area contributed by atoms with Crippen LogP contribution < -0.4 is 5.32 Å². The first-order chi connectivity index (χ1) is 10.8. The van der Waals surface area contributed by atoms with Crippen LogP contribution in [0.2, 0.25) is 0 Å². The third-order valence-corrected chi connectivity index (χ3v) is 6.12. The summed E-state index contributed by atoms with van der Waals surface area (Å²) in [5.41, 5.74) is 0.629. The van der Waals surface area contributed by atoms with Gasteiger partial charge in [-0.3, -0.25) is 0 Å². The van der Waals surface area contributed by atoms with E-state index in [4.69, 9.17) is 4.74 Å². The van der Waals surface area contributed by atoms with Crippen LogP contribution >= 0.6 is 0 Å². The molecule has 3 aliphatic rings. The van der Waals surface area contributed by atoms with Crippen LogP contribution in [-0.2, 0) is 24.3 Å². The second kappa shape index (κ2) is 5.93.